The second kappa shape index (κ2) is 12.2. The Kier molecular flexibility index (Phi) is 7.96. The van der Waals surface area contributed by atoms with Crippen LogP contribution in [0, 0.1) is 0 Å². The summed E-state index contributed by atoms with van der Waals surface area (Å²) in [5, 5.41) is 4.35. The van der Waals surface area contributed by atoms with E-state index < -0.39 is 0 Å². The van der Waals surface area contributed by atoms with Crippen molar-refractivity contribution in [3.63, 3.8) is 0 Å². The third-order valence-electron chi connectivity index (χ3n) is 8.85. The predicted octanol–water partition coefficient (Wildman–Crippen LogP) is 9.37. The van der Waals surface area contributed by atoms with E-state index in [2.05, 4.69) is 142 Å². The largest absolute Gasteiger partial charge is 0.305 e. The number of benzene rings is 3. The summed E-state index contributed by atoms with van der Waals surface area (Å²) in [6.07, 6.45) is 7.12. The van der Waals surface area contributed by atoms with Crippen LogP contribution < -0.4 is 9.13 Å². The molecule has 0 spiro atoms. The van der Waals surface area contributed by atoms with Gasteiger partial charge >= 0.3 is 11.6 Å². The summed E-state index contributed by atoms with van der Waals surface area (Å²) in [6, 6.07) is 32.0. The molecular weight excluding hydrogens is 577 g/mol. The predicted molar refractivity (Wildman–Crippen MR) is 186 cm³/mol. The Bertz CT molecular complexity index is 1880. The summed E-state index contributed by atoms with van der Waals surface area (Å²) in [5.41, 5.74) is 10.1. The fourth-order valence-corrected chi connectivity index (χ4v) is 8.07. The molecule has 0 fully saturated rings. The maximum atomic E-state index is 2.46. The number of thiophene rings is 2. The van der Waals surface area contributed by atoms with E-state index in [-0.39, 0.29) is 0 Å². The molecule has 0 saturated carbocycles. The number of aryl methyl sites for hydroxylation is 4. The van der Waals surface area contributed by atoms with Crippen molar-refractivity contribution in [1.82, 2.24) is 9.13 Å². The maximum absolute atomic E-state index is 2.46. The van der Waals surface area contributed by atoms with Crippen molar-refractivity contribution in [1.29, 1.82) is 0 Å². The zero-order valence-electron chi connectivity index (χ0n) is 26.1. The number of hydrogen-bond acceptors (Lipinski definition) is 2. The molecule has 0 radical (unpaired) electrons. The Morgan fingerprint density at radius 1 is 0.568 bits per heavy atom. The molecule has 4 aromatic heterocycles. The Morgan fingerprint density at radius 2 is 1.00 bits per heavy atom. The van der Waals surface area contributed by atoms with Gasteiger partial charge in [0.05, 0.1) is 14.1 Å². The number of imidazole rings is 2. The van der Waals surface area contributed by atoms with Gasteiger partial charge in [0, 0.05) is 12.1 Å². The first-order valence-corrected chi connectivity index (χ1v) is 17.6. The molecule has 0 unspecified atom stereocenters. The normalized spacial score (nSPS) is 11.7. The van der Waals surface area contributed by atoms with Gasteiger partial charge in [-0.2, -0.15) is 9.13 Å². The van der Waals surface area contributed by atoms with Crippen LogP contribution in [-0.4, -0.2) is 9.13 Å². The third-order valence-corrected chi connectivity index (χ3v) is 10.6. The SMILES string of the molecule is CCCCc1ccc(-n2c(-c3cccs3)[n+](C)c3cc4c(cc32)n(-c2ccc(CCCC)cc2)c(-c2cccs2)[n+]4C)cc1. The molecular formula is C38H40N4S2+2. The summed E-state index contributed by atoms with van der Waals surface area (Å²) < 4.78 is 9.66. The zero-order chi connectivity index (χ0) is 30.2. The van der Waals surface area contributed by atoms with Gasteiger partial charge in [0.25, 0.3) is 0 Å². The highest BCUT2D eigenvalue weighted by atomic mass is 32.1. The second-order valence-electron chi connectivity index (χ2n) is 11.8. The van der Waals surface area contributed by atoms with Gasteiger partial charge in [-0.25, -0.2) is 9.13 Å². The molecule has 3 aromatic carbocycles. The number of fused-ring (bicyclic) bond motifs is 2. The molecule has 0 aliphatic carbocycles. The van der Waals surface area contributed by atoms with Gasteiger partial charge in [0.1, 0.15) is 21.1 Å². The molecule has 7 aromatic rings. The van der Waals surface area contributed by atoms with Crippen LogP contribution in [0.5, 0.6) is 0 Å². The Hall–Kier alpha value is -4.00. The second-order valence-corrected chi connectivity index (χ2v) is 13.7. The molecule has 0 N–H and O–H groups in total. The van der Waals surface area contributed by atoms with Crippen LogP contribution in [0.1, 0.15) is 50.7 Å². The van der Waals surface area contributed by atoms with Gasteiger partial charge < -0.3 is 0 Å². The first-order chi connectivity index (χ1) is 21.6. The van der Waals surface area contributed by atoms with Crippen LogP contribution >= 0.6 is 22.7 Å². The molecule has 0 bridgehead atoms. The van der Waals surface area contributed by atoms with E-state index in [1.807, 2.05) is 0 Å². The Balaban J connectivity index is 1.50. The van der Waals surface area contributed by atoms with Gasteiger partial charge in [-0.15, -0.1) is 22.7 Å². The van der Waals surface area contributed by atoms with Crippen molar-refractivity contribution in [2.24, 2.45) is 14.1 Å². The highest BCUT2D eigenvalue weighted by Gasteiger charge is 2.33. The van der Waals surface area contributed by atoms with Crippen molar-refractivity contribution in [2.75, 3.05) is 0 Å². The quantitative estimate of drug-likeness (QED) is 0.136. The van der Waals surface area contributed by atoms with Gasteiger partial charge in [0.2, 0.25) is 0 Å². The summed E-state index contributed by atoms with van der Waals surface area (Å²) >= 11 is 3.59. The van der Waals surface area contributed by atoms with E-state index in [1.165, 1.54) is 91.7 Å². The van der Waals surface area contributed by atoms with E-state index in [0.717, 1.165) is 12.8 Å². The summed E-state index contributed by atoms with van der Waals surface area (Å²) in [7, 11) is 4.42. The van der Waals surface area contributed by atoms with E-state index in [1.54, 1.807) is 22.7 Å². The van der Waals surface area contributed by atoms with E-state index in [4.69, 9.17) is 0 Å². The van der Waals surface area contributed by atoms with Crippen molar-refractivity contribution in [3.05, 3.63) is 107 Å². The number of hydrogen-bond donors (Lipinski definition) is 0. The van der Waals surface area contributed by atoms with Gasteiger partial charge in [-0.05, 0) is 84.0 Å². The molecule has 0 aliphatic heterocycles. The minimum absolute atomic E-state index is 1.13. The standard InChI is InChI=1S/C38H40N4S2/c1-5-7-11-27-15-19-29(20-16-27)41-33-26-34-32(25-31(33)39(3)37(41)35-13-9-23-43-35)40(4)38(36-14-10-24-44-36)42(34)30-21-17-28(18-22-30)12-8-6-2/h9-10,13-26H,5-8,11-12H2,1-4H3/q+2. The summed E-state index contributed by atoms with van der Waals surface area (Å²) in [6.45, 7) is 4.52. The van der Waals surface area contributed by atoms with Crippen molar-refractivity contribution in [3.8, 4) is 32.8 Å². The number of aromatic nitrogens is 4. The lowest BCUT2D eigenvalue weighted by Crippen LogP contribution is -2.31. The molecule has 4 nitrogen and oxygen atoms in total. The minimum atomic E-state index is 1.13. The van der Waals surface area contributed by atoms with Crippen molar-refractivity contribution >= 4 is 44.7 Å². The molecule has 222 valence electrons. The lowest BCUT2D eigenvalue weighted by Gasteiger charge is -2.05. The van der Waals surface area contributed by atoms with Crippen LogP contribution in [0.25, 0.3) is 54.8 Å². The molecule has 0 aliphatic rings. The molecule has 0 amide bonds. The van der Waals surface area contributed by atoms with Crippen LogP contribution in [0.4, 0.5) is 0 Å². The van der Waals surface area contributed by atoms with E-state index in [9.17, 15) is 0 Å². The van der Waals surface area contributed by atoms with Gasteiger partial charge in [-0.1, -0.05) is 63.1 Å². The molecule has 6 heteroatoms. The summed E-state index contributed by atoms with van der Waals surface area (Å²) in [5.74, 6) is 2.41. The van der Waals surface area contributed by atoms with Crippen LogP contribution in [0.3, 0.4) is 0 Å². The molecule has 4 heterocycles. The van der Waals surface area contributed by atoms with Gasteiger partial charge in [-0.3, -0.25) is 0 Å². The fourth-order valence-electron chi connectivity index (χ4n) is 6.48. The Morgan fingerprint density at radius 3 is 1.36 bits per heavy atom. The van der Waals surface area contributed by atoms with Crippen LogP contribution in [0.2, 0.25) is 0 Å². The lowest BCUT2D eigenvalue weighted by atomic mass is 10.1. The lowest BCUT2D eigenvalue weighted by molar-refractivity contribution is -0.637. The monoisotopic (exact) mass is 616 g/mol. The highest BCUT2D eigenvalue weighted by molar-refractivity contribution is 7.13. The topological polar surface area (TPSA) is 17.6 Å². The van der Waals surface area contributed by atoms with Crippen molar-refractivity contribution in [2.45, 2.75) is 52.4 Å². The number of rotatable bonds is 10. The third kappa shape index (κ3) is 5.00. The smallest absolute Gasteiger partial charge is 0.224 e. The number of nitrogens with zero attached hydrogens (tertiary/aromatic N) is 4. The summed E-state index contributed by atoms with van der Waals surface area (Å²) in [4.78, 5) is 2.52. The minimum Gasteiger partial charge on any atom is -0.224 e. The number of unbranched alkanes of at least 4 members (excludes halogenated alkanes) is 2. The average molecular weight is 617 g/mol. The molecule has 0 saturated heterocycles. The van der Waals surface area contributed by atoms with Crippen LogP contribution in [-0.2, 0) is 26.9 Å². The molecule has 0 atom stereocenters. The zero-order valence-corrected chi connectivity index (χ0v) is 27.7. The highest BCUT2D eigenvalue weighted by Crippen LogP contribution is 2.35. The average Bonchev–Trinajstić information content (AvgIpc) is 3.86. The van der Waals surface area contributed by atoms with Crippen LogP contribution in [0.15, 0.2) is 95.7 Å². The van der Waals surface area contributed by atoms with Gasteiger partial charge in [0.15, 0.2) is 22.1 Å². The fraction of sp³-hybridized carbons (Fsp3) is 0.263. The maximum Gasteiger partial charge on any atom is 0.305 e. The first-order valence-electron chi connectivity index (χ1n) is 15.8. The van der Waals surface area contributed by atoms with Crippen molar-refractivity contribution < 1.29 is 9.13 Å². The molecule has 7 rings (SSSR count). The Labute approximate surface area is 268 Å². The van der Waals surface area contributed by atoms with E-state index >= 15 is 0 Å². The molecule has 44 heavy (non-hydrogen) atoms. The van der Waals surface area contributed by atoms with E-state index in [0.29, 0.717) is 0 Å². The first kappa shape index (κ1) is 28.8.